The first-order valence-electron chi connectivity index (χ1n) is 9.96. The highest BCUT2D eigenvalue weighted by Gasteiger charge is 2.41. The van der Waals surface area contributed by atoms with Crippen LogP contribution in [0.2, 0.25) is 0 Å². The number of carbonyl (C=O) groups is 3. The number of aromatic nitrogens is 1. The molecular formula is C21H22FN5O3. The molecule has 0 unspecified atom stereocenters. The topological polar surface area (TPSA) is 118 Å². The first-order chi connectivity index (χ1) is 14.5. The van der Waals surface area contributed by atoms with E-state index in [0.29, 0.717) is 13.0 Å². The minimum atomic E-state index is -1.32. The van der Waals surface area contributed by atoms with Crippen molar-refractivity contribution in [3.8, 4) is 6.07 Å². The van der Waals surface area contributed by atoms with Crippen LogP contribution < -0.4 is 10.6 Å². The quantitative estimate of drug-likeness (QED) is 0.686. The largest absolute Gasteiger partial charge is 0.356 e. The normalized spacial score (nSPS) is 24.5. The van der Waals surface area contributed by atoms with Crippen LogP contribution >= 0.6 is 0 Å². The molecule has 1 aromatic carbocycles. The minimum Gasteiger partial charge on any atom is -0.356 e. The number of fused-ring (bicyclic) bond motifs is 1. The number of alkyl halides is 1. The van der Waals surface area contributed by atoms with Crippen molar-refractivity contribution >= 4 is 28.6 Å². The number of para-hydroxylation sites is 1. The lowest BCUT2D eigenvalue weighted by Crippen LogP contribution is -2.49. The summed E-state index contributed by atoms with van der Waals surface area (Å²) in [6.45, 7) is 0.364. The number of nitriles is 1. The molecule has 0 saturated carbocycles. The van der Waals surface area contributed by atoms with Gasteiger partial charge in [0.15, 0.2) is 0 Å². The van der Waals surface area contributed by atoms with Crippen LogP contribution in [0.25, 0.3) is 10.9 Å². The summed E-state index contributed by atoms with van der Waals surface area (Å²) >= 11 is 0. The first-order valence-corrected chi connectivity index (χ1v) is 9.96. The third kappa shape index (κ3) is 3.85. The van der Waals surface area contributed by atoms with Crippen LogP contribution in [0, 0.1) is 17.2 Å². The highest BCUT2D eigenvalue weighted by atomic mass is 19.1. The van der Waals surface area contributed by atoms with Gasteiger partial charge in [-0.05, 0) is 25.0 Å². The molecule has 2 aliphatic rings. The molecule has 8 nitrogen and oxygen atoms in total. The van der Waals surface area contributed by atoms with E-state index in [1.807, 2.05) is 30.3 Å². The zero-order chi connectivity index (χ0) is 21.3. The second kappa shape index (κ2) is 8.14. The van der Waals surface area contributed by atoms with Gasteiger partial charge in [0.25, 0.3) is 5.91 Å². The van der Waals surface area contributed by atoms with E-state index >= 15 is 0 Å². The Morgan fingerprint density at radius 3 is 2.87 bits per heavy atom. The smallest absolute Gasteiger partial charge is 0.271 e. The number of hydrogen-bond donors (Lipinski definition) is 3. The average molecular weight is 411 g/mol. The first kappa shape index (κ1) is 19.9. The van der Waals surface area contributed by atoms with E-state index in [4.69, 9.17) is 0 Å². The molecule has 2 aliphatic heterocycles. The molecule has 1 aromatic heterocycles. The molecule has 0 aliphatic carbocycles. The highest BCUT2D eigenvalue weighted by molar-refractivity contribution is 6.00. The third-order valence-electron chi connectivity index (χ3n) is 5.73. The van der Waals surface area contributed by atoms with Crippen molar-refractivity contribution in [1.82, 2.24) is 20.5 Å². The standard InChI is InChI=1S/C21H22FN5O3/c22-14-9-18(20(29)25-15(10-23)7-13-5-6-24-19(13)28)27(11-14)21(30)17-8-12-3-1-2-4-16(12)26-17/h1-4,8,13-15,18,26H,5-7,9,11H2,(H,24,28)(H,25,29)/t13-,14-,15-,18-/m0/s1. The van der Waals surface area contributed by atoms with Gasteiger partial charge in [-0.1, -0.05) is 18.2 Å². The summed E-state index contributed by atoms with van der Waals surface area (Å²) in [7, 11) is 0. The summed E-state index contributed by atoms with van der Waals surface area (Å²) < 4.78 is 14.2. The number of hydrogen-bond acceptors (Lipinski definition) is 4. The summed E-state index contributed by atoms with van der Waals surface area (Å²) in [6, 6.07) is 9.15. The lowest BCUT2D eigenvalue weighted by molar-refractivity contribution is -0.126. The van der Waals surface area contributed by atoms with Crippen LogP contribution in [0.5, 0.6) is 0 Å². The molecule has 3 heterocycles. The van der Waals surface area contributed by atoms with Gasteiger partial charge < -0.3 is 20.5 Å². The maximum absolute atomic E-state index is 14.2. The van der Waals surface area contributed by atoms with Gasteiger partial charge in [-0.25, -0.2) is 4.39 Å². The Hall–Kier alpha value is -3.41. The van der Waals surface area contributed by atoms with Gasteiger partial charge in [0.05, 0.1) is 12.6 Å². The summed E-state index contributed by atoms with van der Waals surface area (Å²) in [5.41, 5.74) is 1.06. The Morgan fingerprint density at radius 2 is 2.17 bits per heavy atom. The number of carbonyl (C=O) groups excluding carboxylic acids is 3. The highest BCUT2D eigenvalue weighted by Crippen LogP contribution is 2.25. The Bertz CT molecular complexity index is 996. The summed E-state index contributed by atoms with van der Waals surface area (Å²) in [4.78, 5) is 41.7. The van der Waals surface area contributed by atoms with Gasteiger partial charge in [0.1, 0.15) is 23.9 Å². The van der Waals surface area contributed by atoms with E-state index in [9.17, 15) is 24.0 Å². The Morgan fingerprint density at radius 1 is 1.37 bits per heavy atom. The van der Waals surface area contributed by atoms with Crippen molar-refractivity contribution in [2.45, 2.75) is 37.5 Å². The molecule has 0 radical (unpaired) electrons. The van der Waals surface area contributed by atoms with Gasteiger partial charge in [-0.2, -0.15) is 5.26 Å². The van der Waals surface area contributed by atoms with Crippen LogP contribution in [0.15, 0.2) is 30.3 Å². The van der Waals surface area contributed by atoms with E-state index < -0.39 is 30.1 Å². The van der Waals surface area contributed by atoms with Gasteiger partial charge >= 0.3 is 0 Å². The van der Waals surface area contributed by atoms with E-state index in [1.54, 1.807) is 6.07 Å². The SMILES string of the molecule is N#C[C@H](C[C@@H]1CCNC1=O)NC(=O)[C@@H]1C[C@H](F)CN1C(=O)c1cc2ccccc2[nH]1. The molecule has 4 rings (SSSR count). The predicted molar refractivity (Wildman–Crippen MR) is 106 cm³/mol. The number of nitrogens with one attached hydrogen (secondary N) is 3. The number of likely N-dealkylation sites (tertiary alicyclic amines) is 1. The van der Waals surface area contributed by atoms with Crippen molar-refractivity contribution in [3.05, 3.63) is 36.0 Å². The molecule has 2 aromatic rings. The number of amides is 3. The number of nitrogens with zero attached hydrogens (tertiary/aromatic N) is 2. The Balaban J connectivity index is 1.47. The van der Waals surface area contributed by atoms with E-state index in [2.05, 4.69) is 15.6 Å². The minimum absolute atomic E-state index is 0.125. The molecule has 3 N–H and O–H groups in total. The number of aromatic amines is 1. The fourth-order valence-electron chi connectivity index (χ4n) is 4.17. The van der Waals surface area contributed by atoms with Gasteiger partial charge in [-0.3, -0.25) is 14.4 Å². The lowest BCUT2D eigenvalue weighted by Gasteiger charge is -2.24. The van der Waals surface area contributed by atoms with Crippen molar-refractivity contribution in [2.75, 3.05) is 13.1 Å². The summed E-state index contributed by atoms with van der Waals surface area (Å²) in [6.07, 6.45) is -0.654. The molecule has 30 heavy (non-hydrogen) atoms. The number of benzene rings is 1. The van der Waals surface area contributed by atoms with Crippen LogP contribution in [-0.2, 0) is 9.59 Å². The van der Waals surface area contributed by atoms with E-state index in [0.717, 1.165) is 10.9 Å². The molecule has 0 spiro atoms. The molecule has 0 bridgehead atoms. The van der Waals surface area contributed by atoms with Crippen LogP contribution in [-0.4, -0.2) is 59.0 Å². The maximum Gasteiger partial charge on any atom is 0.271 e. The van der Waals surface area contributed by atoms with Crippen LogP contribution in [0.4, 0.5) is 4.39 Å². The second-order valence-electron chi connectivity index (χ2n) is 7.78. The fraction of sp³-hybridized carbons (Fsp3) is 0.429. The molecule has 9 heteroatoms. The summed E-state index contributed by atoms with van der Waals surface area (Å²) in [5, 5.41) is 15.5. The maximum atomic E-state index is 14.2. The third-order valence-corrected chi connectivity index (χ3v) is 5.73. The van der Waals surface area contributed by atoms with Crippen LogP contribution in [0.3, 0.4) is 0 Å². The van der Waals surface area contributed by atoms with E-state index in [-0.39, 0.29) is 36.9 Å². The zero-order valence-electron chi connectivity index (χ0n) is 16.2. The van der Waals surface area contributed by atoms with Crippen LogP contribution in [0.1, 0.15) is 29.8 Å². The monoisotopic (exact) mass is 411 g/mol. The van der Waals surface area contributed by atoms with Crippen molar-refractivity contribution in [2.24, 2.45) is 5.92 Å². The zero-order valence-corrected chi connectivity index (χ0v) is 16.2. The van der Waals surface area contributed by atoms with E-state index in [1.165, 1.54) is 4.90 Å². The van der Waals surface area contributed by atoms with Gasteiger partial charge in [0.2, 0.25) is 11.8 Å². The molecule has 2 saturated heterocycles. The number of H-pyrrole nitrogens is 1. The molecular weight excluding hydrogens is 389 g/mol. The summed E-state index contributed by atoms with van der Waals surface area (Å²) in [5.74, 6) is -1.51. The average Bonchev–Trinajstić information content (AvgIpc) is 3.45. The molecule has 156 valence electrons. The van der Waals surface area contributed by atoms with Crippen molar-refractivity contribution < 1.29 is 18.8 Å². The number of rotatable bonds is 5. The molecule has 2 fully saturated rings. The Labute approximate surface area is 172 Å². The van der Waals surface area contributed by atoms with Gasteiger partial charge in [-0.15, -0.1) is 0 Å². The lowest BCUT2D eigenvalue weighted by atomic mass is 9.99. The Kier molecular flexibility index (Phi) is 5.40. The van der Waals surface area contributed by atoms with Gasteiger partial charge in [0, 0.05) is 29.8 Å². The predicted octanol–water partition coefficient (Wildman–Crippen LogP) is 1.26. The fourth-order valence-corrected chi connectivity index (χ4v) is 4.17. The molecule has 4 atom stereocenters. The number of halogens is 1. The second-order valence-corrected chi connectivity index (χ2v) is 7.78. The van der Waals surface area contributed by atoms with Crippen molar-refractivity contribution in [3.63, 3.8) is 0 Å². The molecule has 3 amide bonds. The van der Waals surface area contributed by atoms with Crippen molar-refractivity contribution in [1.29, 1.82) is 5.26 Å².